The highest BCUT2D eigenvalue weighted by Gasteiger charge is 2.48. The minimum absolute atomic E-state index is 0.0271. The van der Waals surface area contributed by atoms with Gasteiger partial charge in [-0.3, -0.25) is 9.59 Å². The van der Waals surface area contributed by atoms with Crippen molar-refractivity contribution in [3.05, 3.63) is 65.7 Å². The molecule has 0 aromatic heterocycles. The van der Waals surface area contributed by atoms with Crippen LogP contribution < -0.4 is 4.74 Å². The van der Waals surface area contributed by atoms with Crippen molar-refractivity contribution in [3.63, 3.8) is 0 Å². The maximum atomic E-state index is 13.5. The zero-order valence-corrected chi connectivity index (χ0v) is 22.6. The van der Waals surface area contributed by atoms with Gasteiger partial charge in [-0.25, -0.2) is 0 Å². The molecule has 3 saturated heterocycles. The number of rotatable bonds is 7. The van der Waals surface area contributed by atoms with Crippen LogP contribution in [0, 0.1) is 17.3 Å². The summed E-state index contributed by atoms with van der Waals surface area (Å²) >= 11 is 0. The third-order valence-corrected chi connectivity index (χ3v) is 8.91. The van der Waals surface area contributed by atoms with Crippen LogP contribution in [0.25, 0.3) is 0 Å². The Hall–Kier alpha value is -2.86. The molecule has 0 aliphatic carbocycles. The summed E-state index contributed by atoms with van der Waals surface area (Å²) in [7, 11) is 1.67. The standard InChI is InChI=1S/C31H41N3O3/c1-23(2)29(35)34-21-26(28(22-34)25-7-5-4-6-8-25)20-32-16-13-31(14-17-32)15-18-33(30(31)36)19-24-9-11-27(37-3)12-10-24/h4-12,23,26,28H,13-22H2,1-3H3. The first-order valence-corrected chi connectivity index (χ1v) is 13.9. The second-order valence-corrected chi connectivity index (χ2v) is 11.6. The van der Waals surface area contributed by atoms with Gasteiger partial charge in [-0.05, 0) is 61.5 Å². The highest BCUT2D eigenvalue weighted by molar-refractivity contribution is 5.85. The van der Waals surface area contributed by atoms with Gasteiger partial charge in [-0.2, -0.15) is 0 Å². The molecule has 6 heteroatoms. The lowest BCUT2D eigenvalue weighted by Gasteiger charge is -2.39. The molecule has 2 aromatic carbocycles. The Balaban J connectivity index is 1.20. The fraction of sp³-hybridized carbons (Fsp3) is 0.548. The first-order chi connectivity index (χ1) is 17.9. The van der Waals surface area contributed by atoms with Crippen LogP contribution in [-0.4, -0.2) is 72.9 Å². The molecule has 3 fully saturated rings. The van der Waals surface area contributed by atoms with E-state index < -0.39 is 0 Å². The number of hydrogen-bond donors (Lipinski definition) is 0. The number of ether oxygens (including phenoxy) is 1. The van der Waals surface area contributed by atoms with Crippen molar-refractivity contribution in [1.29, 1.82) is 0 Å². The molecule has 5 rings (SSSR count). The number of piperidine rings is 1. The number of carbonyl (C=O) groups excluding carboxylic acids is 2. The van der Waals surface area contributed by atoms with Crippen LogP contribution in [0.3, 0.4) is 0 Å². The van der Waals surface area contributed by atoms with Gasteiger partial charge in [0.25, 0.3) is 0 Å². The number of benzene rings is 2. The maximum absolute atomic E-state index is 13.5. The fourth-order valence-corrected chi connectivity index (χ4v) is 6.63. The summed E-state index contributed by atoms with van der Waals surface area (Å²) < 4.78 is 5.26. The molecule has 0 radical (unpaired) electrons. The second kappa shape index (κ2) is 10.9. The fourth-order valence-electron chi connectivity index (χ4n) is 6.63. The van der Waals surface area contributed by atoms with E-state index in [1.807, 2.05) is 26.0 Å². The number of carbonyl (C=O) groups is 2. The molecular weight excluding hydrogens is 462 g/mol. The summed E-state index contributed by atoms with van der Waals surface area (Å²) in [5.74, 6) is 2.25. The number of nitrogens with zero attached hydrogens (tertiary/aromatic N) is 3. The van der Waals surface area contributed by atoms with Gasteiger partial charge in [0.2, 0.25) is 11.8 Å². The van der Waals surface area contributed by atoms with Gasteiger partial charge in [0.05, 0.1) is 12.5 Å². The minimum Gasteiger partial charge on any atom is -0.497 e. The first kappa shape index (κ1) is 25.8. The van der Waals surface area contributed by atoms with Crippen molar-refractivity contribution in [3.8, 4) is 5.75 Å². The molecule has 198 valence electrons. The average molecular weight is 504 g/mol. The Labute approximate surface area is 221 Å². The predicted octanol–water partition coefficient (Wildman–Crippen LogP) is 4.41. The molecule has 2 atom stereocenters. The molecule has 3 heterocycles. The summed E-state index contributed by atoms with van der Waals surface area (Å²) in [6, 6.07) is 18.7. The van der Waals surface area contributed by atoms with Gasteiger partial charge in [0.1, 0.15) is 5.75 Å². The molecular formula is C31H41N3O3. The van der Waals surface area contributed by atoms with Gasteiger partial charge in [-0.1, -0.05) is 56.3 Å². The van der Waals surface area contributed by atoms with Crippen molar-refractivity contribution < 1.29 is 14.3 Å². The zero-order chi connectivity index (χ0) is 26.0. The number of methoxy groups -OCH3 is 1. The van der Waals surface area contributed by atoms with E-state index in [4.69, 9.17) is 4.74 Å². The quantitative estimate of drug-likeness (QED) is 0.562. The molecule has 3 aliphatic rings. The molecule has 0 bridgehead atoms. The third kappa shape index (κ3) is 5.40. The Bertz CT molecular complexity index is 1080. The number of likely N-dealkylation sites (tertiary alicyclic amines) is 3. The third-order valence-electron chi connectivity index (χ3n) is 8.91. The van der Waals surface area contributed by atoms with Crippen molar-refractivity contribution in [2.24, 2.45) is 17.3 Å². The SMILES string of the molecule is COc1ccc(CN2CCC3(CCN(CC4CN(C(=O)C(C)C)CC4c4ccccc4)CC3)C2=O)cc1. The van der Waals surface area contributed by atoms with E-state index in [0.717, 1.165) is 69.8 Å². The molecule has 2 aromatic rings. The van der Waals surface area contributed by atoms with Crippen molar-refractivity contribution in [2.45, 2.75) is 45.6 Å². The lowest BCUT2D eigenvalue weighted by Crippen LogP contribution is -2.46. The lowest BCUT2D eigenvalue weighted by molar-refractivity contribution is -0.139. The average Bonchev–Trinajstić information content (AvgIpc) is 3.47. The molecule has 2 unspecified atom stereocenters. The first-order valence-electron chi connectivity index (χ1n) is 13.9. The zero-order valence-electron chi connectivity index (χ0n) is 22.6. The summed E-state index contributed by atoms with van der Waals surface area (Å²) in [6.07, 6.45) is 2.83. The summed E-state index contributed by atoms with van der Waals surface area (Å²) in [6.45, 7) is 10.0. The summed E-state index contributed by atoms with van der Waals surface area (Å²) in [5, 5.41) is 0. The number of amides is 2. The van der Waals surface area contributed by atoms with Crippen molar-refractivity contribution in [1.82, 2.24) is 14.7 Å². The van der Waals surface area contributed by atoms with E-state index in [1.54, 1.807) is 7.11 Å². The molecule has 0 saturated carbocycles. The van der Waals surface area contributed by atoms with Crippen LogP contribution in [0.5, 0.6) is 5.75 Å². The molecule has 2 amide bonds. The van der Waals surface area contributed by atoms with E-state index in [2.05, 4.69) is 57.2 Å². The van der Waals surface area contributed by atoms with E-state index in [-0.39, 0.29) is 17.2 Å². The van der Waals surface area contributed by atoms with Gasteiger partial charge in [0.15, 0.2) is 0 Å². The van der Waals surface area contributed by atoms with Crippen LogP contribution in [0.4, 0.5) is 0 Å². The normalized spacial score (nSPS) is 23.8. The maximum Gasteiger partial charge on any atom is 0.229 e. The van der Waals surface area contributed by atoms with E-state index in [1.165, 1.54) is 5.56 Å². The van der Waals surface area contributed by atoms with Crippen LogP contribution in [0.2, 0.25) is 0 Å². The molecule has 0 N–H and O–H groups in total. The predicted molar refractivity (Wildman–Crippen MR) is 145 cm³/mol. The second-order valence-electron chi connectivity index (χ2n) is 11.6. The van der Waals surface area contributed by atoms with E-state index in [9.17, 15) is 9.59 Å². The summed E-state index contributed by atoms with van der Waals surface area (Å²) in [4.78, 5) is 33.0. The highest BCUT2D eigenvalue weighted by atomic mass is 16.5. The summed E-state index contributed by atoms with van der Waals surface area (Å²) in [5.41, 5.74) is 2.29. The smallest absolute Gasteiger partial charge is 0.229 e. The van der Waals surface area contributed by atoms with Crippen LogP contribution in [0.1, 0.15) is 50.2 Å². The van der Waals surface area contributed by atoms with Gasteiger partial charge in [-0.15, -0.1) is 0 Å². The van der Waals surface area contributed by atoms with Crippen molar-refractivity contribution >= 4 is 11.8 Å². The van der Waals surface area contributed by atoms with Crippen LogP contribution in [-0.2, 0) is 16.1 Å². The number of hydrogen-bond acceptors (Lipinski definition) is 4. The monoisotopic (exact) mass is 503 g/mol. The Morgan fingerprint density at radius 2 is 1.65 bits per heavy atom. The van der Waals surface area contributed by atoms with Crippen LogP contribution >= 0.6 is 0 Å². The molecule has 37 heavy (non-hydrogen) atoms. The van der Waals surface area contributed by atoms with Crippen LogP contribution in [0.15, 0.2) is 54.6 Å². The van der Waals surface area contributed by atoms with E-state index in [0.29, 0.717) is 24.3 Å². The highest BCUT2D eigenvalue weighted by Crippen LogP contribution is 2.43. The largest absolute Gasteiger partial charge is 0.497 e. The molecule has 1 spiro atoms. The Morgan fingerprint density at radius 1 is 0.973 bits per heavy atom. The van der Waals surface area contributed by atoms with Gasteiger partial charge >= 0.3 is 0 Å². The molecule has 3 aliphatic heterocycles. The molecule has 6 nitrogen and oxygen atoms in total. The lowest BCUT2D eigenvalue weighted by atomic mass is 9.76. The van der Waals surface area contributed by atoms with Gasteiger partial charge in [0, 0.05) is 44.6 Å². The Kier molecular flexibility index (Phi) is 7.57. The topological polar surface area (TPSA) is 53.1 Å². The van der Waals surface area contributed by atoms with E-state index >= 15 is 0 Å². The Morgan fingerprint density at radius 3 is 2.30 bits per heavy atom. The van der Waals surface area contributed by atoms with Gasteiger partial charge < -0.3 is 19.4 Å². The van der Waals surface area contributed by atoms with Crippen molar-refractivity contribution in [2.75, 3.05) is 46.4 Å². The minimum atomic E-state index is -0.197.